The summed E-state index contributed by atoms with van der Waals surface area (Å²) in [5.41, 5.74) is 0. The number of carbonyl (C=O) groups excluding carboxylic acids is 1. The molecule has 0 aromatic heterocycles. The molecule has 0 fully saturated rings. The minimum absolute atomic E-state index is 0.105. The molecule has 0 aliphatic rings. The molecule has 0 saturated heterocycles. The van der Waals surface area contributed by atoms with E-state index in [-0.39, 0.29) is 5.75 Å². The lowest BCUT2D eigenvalue weighted by Gasteiger charge is -1.97. The maximum absolute atomic E-state index is 10.8. The molecule has 0 radical (unpaired) electrons. The average Bonchev–Trinajstić information content (AvgIpc) is 2.01. The lowest BCUT2D eigenvalue weighted by atomic mass is 10.3. The zero-order valence-corrected chi connectivity index (χ0v) is 7.63. The highest BCUT2D eigenvalue weighted by atomic mass is 32.2. The van der Waals surface area contributed by atoms with Gasteiger partial charge in [-0.15, -0.1) is 0 Å². The molecule has 0 amide bonds. The molecule has 0 N–H and O–H groups in total. The number of nitrogens with zero attached hydrogens (tertiary/aromatic N) is 1. The summed E-state index contributed by atoms with van der Waals surface area (Å²) in [5, 5.41) is 2.53. The number of unbranched alkanes of at least 4 members (excludes halogenated alkanes) is 2. The Morgan fingerprint density at radius 2 is 2.08 bits per heavy atom. The van der Waals surface area contributed by atoms with E-state index in [0.29, 0.717) is 6.42 Å². The van der Waals surface area contributed by atoms with E-state index in [1.165, 1.54) is 0 Å². The fraction of sp³-hybridized carbons (Fsp3) is 0.833. The SMILES string of the molecule is CCCCCS(=O)(=O)ON=C=O. The van der Waals surface area contributed by atoms with Crippen molar-refractivity contribution in [3.8, 4) is 0 Å². The van der Waals surface area contributed by atoms with E-state index in [1.54, 1.807) is 0 Å². The van der Waals surface area contributed by atoms with E-state index in [0.717, 1.165) is 18.9 Å². The van der Waals surface area contributed by atoms with Crippen LogP contribution in [0.4, 0.5) is 0 Å². The number of hydrogen-bond acceptors (Lipinski definition) is 5. The van der Waals surface area contributed by atoms with Crippen LogP contribution in [0.25, 0.3) is 0 Å². The van der Waals surface area contributed by atoms with Crippen molar-refractivity contribution in [2.75, 3.05) is 5.75 Å². The Morgan fingerprint density at radius 1 is 1.42 bits per heavy atom. The first-order valence-electron chi connectivity index (χ1n) is 3.61. The molecule has 0 aromatic carbocycles. The maximum Gasteiger partial charge on any atom is 0.329 e. The van der Waals surface area contributed by atoms with Gasteiger partial charge in [0.2, 0.25) is 0 Å². The molecule has 5 nitrogen and oxygen atoms in total. The van der Waals surface area contributed by atoms with Crippen LogP contribution in [-0.2, 0) is 19.2 Å². The fourth-order valence-corrected chi connectivity index (χ4v) is 1.41. The highest BCUT2D eigenvalue weighted by Gasteiger charge is 2.09. The fourth-order valence-electron chi connectivity index (χ4n) is 0.638. The first kappa shape index (κ1) is 11.1. The van der Waals surface area contributed by atoms with Crippen LogP contribution in [0.3, 0.4) is 0 Å². The predicted octanol–water partition coefficient (Wildman–Crippen LogP) is 0.774. The predicted molar refractivity (Wildman–Crippen MR) is 42.5 cm³/mol. The van der Waals surface area contributed by atoms with Gasteiger partial charge in [0.25, 0.3) is 6.08 Å². The number of isocyanates is 1. The Morgan fingerprint density at radius 3 is 2.58 bits per heavy atom. The summed E-state index contributed by atoms with van der Waals surface area (Å²) in [4.78, 5) is 9.50. The van der Waals surface area contributed by atoms with E-state index in [1.807, 2.05) is 6.92 Å². The van der Waals surface area contributed by atoms with Gasteiger partial charge in [-0.25, -0.2) is 4.79 Å². The molecule has 70 valence electrons. The van der Waals surface area contributed by atoms with Crippen LogP contribution in [-0.4, -0.2) is 20.3 Å². The van der Waals surface area contributed by atoms with Gasteiger partial charge in [-0.2, -0.15) is 8.42 Å². The summed E-state index contributed by atoms with van der Waals surface area (Å²) in [7, 11) is -3.65. The lowest BCUT2D eigenvalue weighted by molar-refractivity contribution is 0.334. The monoisotopic (exact) mass is 193 g/mol. The molecule has 0 atom stereocenters. The van der Waals surface area contributed by atoms with Gasteiger partial charge in [0.1, 0.15) is 0 Å². The van der Waals surface area contributed by atoms with Crippen molar-refractivity contribution in [3.05, 3.63) is 0 Å². The van der Waals surface area contributed by atoms with Crippen molar-refractivity contribution in [2.45, 2.75) is 26.2 Å². The van der Waals surface area contributed by atoms with Crippen LogP contribution in [0.1, 0.15) is 26.2 Å². The summed E-state index contributed by atoms with van der Waals surface area (Å²) < 4.78 is 25.4. The zero-order chi connectivity index (χ0) is 9.45. The molecule has 12 heavy (non-hydrogen) atoms. The summed E-state index contributed by atoms with van der Waals surface area (Å²) in [5.74, 6) is -0.105. The molecule has 0 spiro atoms. The van der Waals surface area contributed by atoms with Gasteiger partial charge in [-0.1, -0.05) is 19.8 Å². The Labute approximate surface area is 71.5 Å². The second-order valence-electron chi connectivity index (χ2n) is 2.23. The maximum atomic E-state index is 10.8. The van der Waals surface area contributed by atoms with Gasteiger partial charge in [0.15, 0.2) is 0 Å². The van der Waals surface area contributed by atoms with Crippen LogP contribution >= 0.6 is 0 Å². The summed E-state index contributed by atoms with van der Waals surface area (Å²) in [6, 6.07) is 0. The molecule has 0 aliphatic heterocycles. The minimum atomic E-state index is -3.65. The first-order valence-corrected chi connectivity index (χ1v) is 5.18. The summed E-state index contributed by atoms with van der Waals surface area (Å²) in [6.07, 6.45) is 3.24. The van der Waals surface area contributed by atoms with Gasteiger partial charge >= 0.3 is 10.1 Å². The van der Waals surface area contributed by atoms with Gasteiger partial charge < -0.3 is 0 Å². The van der Waals surface area contributed by atoms with Crippen molar-refractivity contribution in [3.63, 3.8) is 0 Å². The second kappa shape index (κ2) is 5.74. The summed E-state index contributed by atoms with van der Waals surface area (Å²) >= 11 is 0. The molecule has 0 heterocycles. The quantitative estimate of drug-likeness (QED) is 0.270. The van der Waals surface area contributed by atoms with Crippen LogP contribution in [0.5, 0.6) is 0 Å². The van der Waals surface area contributed by atoms with Gasteiger partial charge in [0.05, 0.1) is 5.75 Å². The van der Waals surface area contributed by atoms with Crippen LogP contribution < -0.4 is 0 Å². The normalized spacial score (nSPS) is 10.4. The van der Waals surface area contributed by atoms with Crippen molar-refractivity contribution in [1.82, 2.24) is 0 Å². The molecule has 0 bridgehead atoms. The van der Waals surface area contributed by atoms with Crippen LogP contribution in [0, 0.1) is 0 Å². The van der Waals surface area contributed by atoms with E-state index in [9.17, 15) is 13.2 Å². The van der Waals surface area contributed by atoms with Crippen molar-refractivity contribution in [2.24, 2.45) is 5.16 Å². The molecule has 0 saturated carbocycles. The van der Waals surface area contributed by atoms with E-state index in [2.05, 4.69) is 9.44 Å². The largest absolute Gasteiger partial charge is 0.329 e. The lowest BCUT2D eigenvalue weighted by Crippen LogP contribution is -2.06. The van der Waals surface area contributed by atoms with Crippen LogP contribution in [0.15, 0.2) is 5.16 Å². The Kier molecular flexibility index (Phi) is 5.32. The zero-order valence-electron chi connectivity index (χ0n) is 6.82. The Balaban J connectivity index is 3.80. The van der Waals surface area contributed by atoms with Crippen molar-refractivity contribution < 1.29 is 17.5 Å². The van der Waals surface area contributed by atoms with Crippen molar-refractivity contribution >= 4 is 16.2 Å². The standard InChI is InChI=1S/C6H11NO4S/c1-2-3-4-5-12(9,10)11-7-6-8/h2-5H2,1H3. The topological polar surface area (TPSA) is 72.8 Å². The minimum Gasteiger partial charge on any atom is -0.257 e. The molecule has 0 rings (SSSR count). The first-order chi connectivity index (χ1) is 5.62. The molecule has 6 heteroatoms. The van der Waals surface area contributed by atoms with E-state index < -0.39 is 10.1 Å². The summed E-state index contributed by atoms with van der Waals surface area (Å²) in [6.45, 7) is 1.96. The van der Waals surface area contributed by atoms with E-state index in [4.69, 9.17) is 0 Å². The molecule has 0 aromatic rings. The third-order valence-corrected chi connectivity index (χ3v) is 2.28. The highest BCUT2D eigenvalue weighted by molar-refractivity contribution is 7.86. The number of hydrogen-bond donors (Lipinski definition) is 0. The van der Waals surface area contributed by atoms with E-state index >= 15 is 0 Å². The molecular weight excluding hydrogens is 182 g/mol. The molecule has 0 unspecified atom stereocenters. The van der Waals surface area contributed by atoms with Crippen LogP contribution in [0.2, 0.25) is 0 Å². The smallest absolute Gasteiger partial charge is 0.257 e. The van der Waals surface area contributed by atoms with Crippen molar-refractivity contribution in [1.29, 1.82) is 0 Å². The Hall–Kier alpha value is -0.870. The van der Waals surface area contributed by atoms with Gasteiger partial charge in [0, 0.05) is 5.16 Å². The third kappa shape index (κ3) is 5.88. The molecular formula is C6H11NO4S. The number of rotatable bonds is 6. The second-order valence-corrected chi connectivity index (χ2v) is 3.90. The Bertz CT molecular complexity index is 253. The molecule has 0 aliphatic carbocycles. The van der Waals surface area contributed by atoms with Gasteiger partial charge in [-0.3, -0.25) is 4.28 Å². The highest BCUT2D eigenvalue weighted by Crippen LogP contribution is 2.01. The third-order valence-electron chi connectivity index (χ3n) is 1.19. The average molecular weight is 193 g/mol. The van der Waals surface area contributed by atoms with Gasteiger partial charge in [-0.05, 0) is 6.42 Å².